The zero-order valence-electron chi connectivity index (χ0n) is 13.4. The molecule has 1 aromatic rings. The van der Waals surface area contributed by atoms with Crippen molar-refractivity contribution in [1.82, 2.24) is 15.1 Å². The van der Waals surface area contributed by atoms with E-state index in [2.05, 4.69) is 48.9 Å². The van der Waals surface area contributed by atoms with Crippen molar-refractivity contribution in [2.24, 2.45) is 0 Å². The summed E-state index contributed by atoms with van der Waals surface area (Å²) in [6.07, 6.45) is 1.89. The molecule has 0 spiro atoms. The quantitative estimate of drug-likeness (QED) is 0.896. The van der Waals surface area contributed by atoms with Gasteiger partial charge < -0.3 is 14.6 Å². The average molecular weight is 279 g/mol. The predicted octanol–water partition coefficient (Wildman–Crippen LogP) is 2.31. The molecule has 0 amide bonds. The Kier molecular flexibility index (Phi) is 5.24. The van der Waals surface area contributed by atoms with Crippen LogP contribution in [-0.2, 0) is 13.1 Å². The van der Waals surface area contributed by atoms with Crippen LogP contribution < -0.4 is 5.32 Å². The Morgan fingerprint density at radius 1 is 1.15 bits per heavy atom. The molecule has 2 heterocycles. The van der Waals surface area contributed by atoms with E-state index in [1.54, 1.807) is 0 Å². The summed E-state index contributed by atoms with van der Waals surface area (Å²) in [5, 5.41) is 3.49. The zero-order valence-corrected chi connectivity index (χ0v) is 13.4. The van der Waals surface area contributed by atoms with Crippen LogP contribution in [-0.4, -0.2) is 48.1 Å². The maximum absolute atomic E-state index is 5.69. The Morgan fingerprint density at radius 3 is 2.40 bits per heavy atom. The first-order valence-electron chi connectivity index (χ1n) is 7.72. The molecule has 4 nitrogen and oxygen atoms in total. The van der Waals surface area contributed by atoms with Gasteiger partial charge in [-0.1, -0.05) is 6.92 Å². The van der Waals surface area contributed by atoms with E-state index >= 15 is 0 Å². The van der Waals surface area contributed by atoms with Crippen molar-refractivity contribution in [2.75, 3.05) is 32.7 Å². The molecule has 1 N–H and O–H groups in total. The second-order valence-electron chi connectivity index (χ2n) is 6.74. The van der Waals surface area contributed by atoms with Crippen molar-refractivity contribution >= 4 is 0 Å². The Morgan fingerprint density at radius 2 is 1.80 bits per heavy atom. The molecule has 0 saturated carbocycles. The fraction of sp³-hybridized carbons (Fsp3) is 0.750. The lowest BCUT2D eigenvalue weighted by Crippen LogP contribution is -2.45. The molecule has 20 heavy (non-hydrogen) atoms. The standard InChI is InChI=1S/C16H29N3O/c1-5-18-6-8-19(9-7-18)12-15-10-14(13-20-15)11-17-16(2,3)4/h10,13,17H,5-9,11-12H2,1-4H3. The van der Waals surface area contributed by atoms with Crippen molar-refractivity contribution in [1.29, 1.82) is 0 Å². The first-order chi connectivity index (χ1) is 9.46. The van der Waals surface area contributed by atoms with E-state index in [1.165, 1.54) is 18.7 Å². The Labute approximate surface area is 123 Å². The van der Waals surface area contributed by atoms with Crippen LogP contribution in [0, 0.1) is 0 Å². The molecular formula is C16H29N3O. The molecule has 0 atom stereocenters. The maximum Gasteiger partial charge on any atom is 0.118 e. The van der Waals surface area contributed by atoms with E-state index in [-0.39, 0.29) is 5.54 Å². The van der Waals surface area contributed by atoms with Gasteiger partial charge >= 0.3 is 0 Å². The highest BCUT2D eigenvalue weighted by Gasteiger charge is 2.17. The van der Waals surface area contributed by atoms with Gasteiger partial charge in [0.25, 0.3) is 0 Å². The molecule has 4 heteroatoms. The molecule has 0 aromatic carbocycles. The van der Waals surface area contributed by atoms with Crippen LogP contribution >= 0.6 is 0 Å². The lowest BCUT2D eigenvalue weighted by molar-refractivity contribution is 0.125. The molecule has 1 aliphatic heterocycles. The van der Waals surface area contributed by atoms with Crippen LogP contribution in [0.5, 0.6) is 0 Å². The Balaban J connectivity index is 1.78. The third kappa shape index (κ3) is 4.93. The van der Waals surface area contributed by atoms with Crippen molar-refractivity contribution in [3.05, 3.63) is 23.7 Å². The van der Waals surface area contributed by atoms with Gasteiger partial charge in [-0.25, -0.2) is 0 Å². The molecule has 114 valence electrons. The van der Waals surface area contributed by atoms with Gasteiger partial charge in [0, 0.05) is 43.8 Å². The zero-order chi connectivity index (χ0) is 14.6. The molecule has 1 aromatic heterocycles. The topological polar surface area (TPSA) is 31.6 Å². The second-order valence-corrected chi connectivity index (χ2v) is 6.74. The van der Waals surface area contributed by atoms with Gasteiger partial charge in [-0.05, 0) is 33.4 Å². The second kappa shape index (κ2) is 6.74. The largest absolute Gasteiger partial charge is 0.468 e. The first kappa shape index (κ1) is 15.5. The molecular weight excluding hydrogens is 250 g/mol. The summed E-state index contributed by atoms with van der Waals surface area (Å²) < 4.78 is 5.69. The van der Waals surface area contributed by atoms with Crippen LogP contribution in [0.1, 0.15) is 39.0 Å². The minimum Gasteiger partial charge on any atom is -0.468 e. The molecule has 0 bridgehead atoms. The van der Waals surface area contributed by atoms with E-state index in [0.29, 0.717) is 0 Å². The van der Waals surface area contributed by atoms with Crippen LogP contribution in [0.3, 0.4) is 0 Å². The fourth-order valence-electron chi connectivity index (χ4n) is 2.45. The lowest BCUT2D eigenvalue weighted by Gasteiger charge is -2.33. The highest BCUT2D eigenvalue weighted by molar-refractivity contribution is 5.13. The Bertz CT molecular complexity index is 400. The highest BCUT2D eigenvalue weighted by Crippen LogP contribution is 2.13. The van der Waals surface area contributed by atoms with E-state index in [0.717, 1.165) is 38.5 Å². The molecule has 0 unspecified atom stereocenters. The monoisotopic (exact) mass is 279 g/mol. The summed E-state index contributed by atoms with van der Waals surface area (Å²) in [4.78, 5) is 4.98. The molecule has 1 saturated heterocycles. The predicted molar refractivity (Wildman–Crippen MR) is 82.7 cm³/mol. The van der Waals surface area contributed by atoms with Crippen molar-refractivity contribution in [3.8, 4) is 0 Å². The molecule has 1 fully saturated rings. The summed E-state index contributed by atoms with van der Waals surface area (Å²) in [7, 11) is 0. The summed E-state index contributed by atoms with van der Waals surface area (Å²) in [6, 6.07) is 2.19. The third-order valence-electron chi connectivity index (χ3n) is 3.82. The normalized spacial score (nSPS) is 18.6. The van der Waals surface area contributed by atoms with Gasteiger partial charge in [0.05, 0.1) is 12.8 Å². The number of likely N-dealkylation sites (N-methyl/N-ethyl adjacent to an activating group) is 1. The Hall–Kier alpha value is -0.840. The first-order valence-corrected chi connectivity index (χ1v) is 7.72. The molecule has 0 radical (unpaired) electrons. The van der Waals surface area contributed by atoms with Crippen molar-refractivity contribution in [3.63, 3.8) is 0 Å². The van der Waals surface area contributed by atoms with Crippen molar-refractivity contribution in [2.45, 2.75) is 46.3 Å². The van der Waals surface area contributed by atoms with Gasteiger partial charge in [-0.2, -0.15) is 0 Å². The maximum atomic E-state index is 5.69. The van der Waals surface area contributed by atoms with E-state index in [9.17, 15) is 0 Å². The van der Waals surface area contributed by atoms with Crippen LogP contribution in [0.15, 0.2) is 16.7 Å². The molecule has 0 aliphatic carbocycles. The van der Waals surface area contributed by atoms with Crippen molar-refractivity contribution < 1.29 is 4.42 Å². The van der Waals surface area contributed by atoms with Gasteiger partial charge in [0.15, 0.2) is 0 Å². The molecule has 1 aliphatic rings. The smallest absolute Gasteiger partial charge is 0.118 e. The van der Waals surface area contributed by atoms with Crippen LogP contribution in [0.25, 0.3) is 0 Å². The van der Waals surface area contributed by atoms with Gasteiger partial charge in [-0.3, -0.25) is 4.90 Å². The lowest BCUT2D eigenvalue weighted by atomic mass is 10.1. The number of rotatable bonds is 5. The van der Waals surface area contributed by atoms with E-state index in [1.807, 2.05) is 6.26 Å². The van der Waals surface area contributed by atoms with Gasteiger partial charge in [0.2, 0.25) is 0 Å². The number of nitrogens with one attached hydrogen (secondary N) is 1. The number of hydrogen-bond donors (Lipinski definition) is 1. The van der Waals surface area contributed by atoms with Gasteiger partial charge in [0.1, 0.15) is 5.76 Å². The fourth-order valence-corrected chi connectivity index (χ4v) is 2.45. The summed E-state index contributed by atoms with van der Waals surface area (Å²) in [6.45, 7) is 16.4. The van der Waals surface area contributed by atoms with E-state index in [4.69, 9.17) is 4.42 Å². The highest BCUT2D eigenvalue weighted by atomic mass is 16.3. The minimum atomic E-state index is 0.147. The molecule has 2 rings (SSSR count). The van der Waals surface area contributed by atoms with Crippen LogP contribution in [0.2, 0.25) is 0 Å². The van der Waals surface area contributed by atoms with E-state index < -0.39 is 0 Å². The summed E-state index contributed by atoms with van der Waals surface area (Å²) in [5.41, 5.74) is 1.38. The summed E-state index contributed by atoms with van der Waals surface area (Å²) >= 11 is 0. The number of furan rings is 1. The number of piperazine rings is 1. The summed E-state index contributed by atoms with van der Waals surface area (Å²) in [5.74, 6) is 1.08. The number of nitrogens with zero attached hydrogens (tertiary/aromatic N) is 2. The van der Waals surface area contributed by atoms with Crippen LogP contribution in [0.4, 0.5) is 0 Å². The SMILES string of the molecule is CCN1CCN(Cc2cc(CNC(C)(C)C)co2)CC1. The minimum absolute atomic E-state index is 0.147. The average Bonchev–Trinajstić information content (AvgIpc) is 2.84. The number of hydrogen-bond acceptors (Lipinski definition) is 4. The third-order valence-corrected chi connectivity index (χ3v) is 3.82. The van der Waals surface area contributed by atoms with Gasteiger partial charge in [-0.15, -0.1) is 0 Å².